The maximum Gasteiger partial charge on any atom is 0.345 e. The van der Waals surface area contributed by atoms with Crippen molar-refractivity contribution < 1.29 is 14.3 Å². The van der Waals surface area contributed by atoms with Crippen LogP contribution in [-0.4, -0.2) is 18.1 Å². The molecule has 2 aromatic carbocycles. The number of hydrogen-bond donors (Lipinski definition) is 1. The smallest absolute Gasteiger partial charge is 0.345 e. The highest BCUT2D eigenvalue weighted by Gasteiger charge is 2.20. The molecular weight excluding hydrogens is 399 g/mol. The quantitative estimate of drug-likeness (QED) is 0.312. The van der Waals surface area contributed by atoms with Gasteiger partial charge in [0, 0.05) is 10.9 Å². The van der Waals surface area contributed by atoms with Crippen LogP contribution in [0.3, 0.4) is 0 Å². The van der Waals surface area contributed by atoms with E-state index in [2.05, 4.69) is 10.5 Å². The maximum atomic E-state index is 12.3. The van der Waals surface area contributed by atoms with Crippen LogP contribution >= 0.6 is 23.2 Å². The van der Waals surface area contributed by atoms with Crippen LogP contribution in [0.25, 0.3) is 0 Å². The number of ether oxygens (including phenoxy) is 1. The Hall–Kier alpha value is -2.37. The minimum Gasteiger partial charge on any atom is -0.423 e. The topological polar surface area (TPSA) is 67.8 Å². The zero-order valence-electron chi connectivity index (χ0n) is 15.2. The molecule has 3 rings (SSSR count). The first-order valence-corrected chi connectivity index (χ1v) is 9.89. The first kappa shape index (κ1) is 20.4. The van der Waals surface area contributed by atoms with E-state index in [0.29, 0.717) is 16.3 Å². The molecule has 28 heavy (non-hydrogen) atoms. The number of hydrogen-bond acceptors (Lipinski definition) is 4. The second-order valence-corrected chi connectivity index (χ2v) is 7.50. The van der Waals surface area contributed by atoms with Gasteiger partial charge in [-0.3, -0.25) is 4.79 Å². The van der Waals surface area contributed by atoms with Crippen molar-refractivity contribution in [2.45, 2.75) is 32.1 Å². The van der Waals surface area contributed by atoms with Gasteiger partial charge < -0.3 is 4.74 Å². The number of halogens is 2. The highest BCUT2D eigenvalue weighted by molar-refractivity contribution is 6.36. The van der Waals surface area contributed by atoms with Crippen LogP contribution < -0.4 is 10.2 Å². The van der Waals surface area contributed by atoms with Crippen molar-refractivity contribution in [1.29, 1.82) is 0 Å². The summed E-state index contributed by atoms with van der Waals surface area (Å²) in [5, 5.41) is 4.68. The minimum atomic E-state index is -0.582. The van der Waals surface area contributed by atoms with Crippen LogP contribution in [0.1, 0.15) is 48.0 Å². The Balaban J connectivity index is 1.60. The summed E-state index contributed by atoms with van der Waals surface area (Å²) in [6, 6.07) is 11.4. The van der Waals surface area contributed by atoms with E-state index < -0.39 is 5.97 Å². The van der Waals surface area contributed by atoms with Gasteiger partial charge in [0.25, 0.3) is 0 Å². The fourth-order valence-electron chi connectivity index (χ4n) is 3.10. The van der Waals surface area contributed by atoms with E-state index in [9.17, 15) is 9.59 Å². The fourth-order valence-corrected chi connectivity index (χ4v) is 3.59. The molecule has 146 valence electrons. The second-order valence-electron chi connectivity index (χ2n) is 6.66. The molecule has 0 radical (unpaired) electrons. The maximum absolute atomic E-state index is 12.3. The fraction of sp³-hybridized carbons (Fsp3) is 0.286. The lowest BCUT2D eigenvalue weighted by atomic mass is 9.89. The highest BCUT2D eigenvalue weighted by Crippen LogP contribution is 2.24. The summed E-state index contributed by atoms with van der Waals surface area (Å²) in [5.74, 6) is -0.238. The van der Waals surface area contributed by atoms with E-state index in [0.717, 1.165) is 25.7 Å². The highest BCUT2D eigenvalue weighted by atomic mass is 35.5. The van der Waals surface area contributed by atoms with Gasteiger partial charge in [0.05, 0.1) is 16.8 Å². The number of rotatable bonds is 5. The van der Waals surface area contributed by atoms with Gasteiger partial charge in [-0.25, -0.2) is 10.2 Å². The summed E-state index contributed by atoms with van der Waals surface area (Å²) in [7, 11) is 0. The van der Waals surface area contributed by atoms with Crippen molar-refractivity contribution in [3.8, 4) is 5.75 Å². The lowest BCUT2D eigenvalue weighted by Crippen LogP contribution is -2.28. The Morgan fingerprint density at radius 3 is 2.61 bits per heavy atom. The standard InChI is InChI=1S/C21H20Cl2N2O3/c22-16-9-10-18(19(23)12-16)21(27)28-17-8-4-5-14(11-17)13-24-25-20(26)15-6-2-1-3-7-15/h4-5,8-13,15H,1-3,6-7H2,(H,25,26). The summed E-state index contributed by atoms with van der Waals surface area (Å²) in [4.78, 5) is 24.4. The molecule has 7 heteroatoms. The molecule has 1 amide bonds. The molecule has 0 atom stereocenters. The van der Waals surface area contributed by atoms with Gasteiger partial charge in [0.15, 0.2) is 0 Å². The van der Waals surface area contributed by atoms with Crippen molar-refractivity contribution in [2.24, 2.45) is 11.0 Å². The number of nitrogens with zero attached hydrogens (tertiary/aromatic N) is 1. The summed E-state index contributed by atoms with van der Waals surface area (Å²) in [6.45, 7) is 0. The molecule has 0 heterocycles. The van der Waals surface area contributed by atoms with Gasteiger partial charge in [0.1, 0.15) is 5.75 Å². The predicted molar refractivity (Wildman–Crippen MR) is 110 cm³/mol. The van der Waals surface area contributed by atoms with Crippen LogP contribution in [0.15, 0.2) is 47.6 Å². The molecular formula is C21H20Cl2N2O3. The van der Waals surface area contributed by atoms with Gasteiger partial charge in [0.2, 0.25) is 5.91 Å². The number of esters is 1. The molecule has 2 aromatic rings. The molecule has 0 aromatic heterocycles. The minimum absolute atomic E-state index is 0.0438. The average Bonchev–Trinajstić information content (AvgIpc) is 2.68. The van der Waals surface area contributed by atoms with Crippen LogP contribution in [0.5, 0.6) is 5.75 Å². The molecule has 1 fully saturated rings. The Labute approximate surface area is 173 Å². The summed E-state index contributed by atoms with van der Waals surface area (Å²) in [5.41, 5.74) is 3.51. The SMILES string of the molecule is O=C(Oc1cccc(C=NNC(=O)C2CCCCC2)c1)c1ccc(Cl)cc1Cl. The molecule has 0 saturated heterocycles. The van der Waals surface area contributed by atoms with Crippen LogP contribution in [0, 0.1) is 5.92 Å². The van der Waals surface area contributed by atoms with Gasteiger partial charge >= 0.3 is 5.97 Å². The lowest BCUT2D eigenvalue weighted by molar-refractivity contribution is -0.125. The molecule has 0 spiro atoms. The average molecular weight is 419 g/mol. The number of hydrazone groups is 1. The van der Waals surface area contributed by atoms with Gasteiger partial charge in [-0.2, -0.15) is 5.10 Å². The second kappa shape index (κ2) is 9.71. The zero-order chi connectivity index (χ0) is 19.9. The van der Waals surface area contributed by atoms with E-state index in [1.165, 1.54) is 24.8 Å². The molecule has 5 nitrogen and oxygen atoms in total. The van der Waals surface area contributed by atoms with Crippen LogP contribution in [-0.2, 0) is 4.79 Å². The molecule has 0 bridgehead atoms. The third kappa shape index (κ3) is 5.57. The van der Waals surface area contributed by atoms with E-state index in [-0.39, 0.29) is 22.4 Å². The van der Waals surface area contributed by atoms with Gasteiger partial charge in [-0.05, 0) is 48.7 Å². The van der Waals surface area contributed by atoms with Crippen molar-refractivity contribution in [3.05, 3.63) is 63.6 Å². The van der Waals surface area contributed by atoms with Crippen molar-refractivity contribution in [2.75, 3.05) is 0 Å². The Kier molecular flexibility index (Phi) is 7.06. The van der Waals surface area contributed by atoms with E-state index in [4.69, 9.17) is 27.9 Å². The molecule has 0 unspecified atom stereocenters. The predicted octanol–water partition coefficient (Wildman–Crippen LogP) is 5.24. The number of carbonyl (C=O) groups is 2. The third-order valence-electron chi connectivity index (χ3n) is 4.58. The van der Waals surface area contributed by atoms with Crippen LogP contribution in [0.4, 0.5) is 0 Å². The van der Waals surface area contributed by atoms with Crippen LogP contribution in [0.2, 0.25) is 10.0 Å². The van der Waals surface area contributed by atoms with Gasteiger partial charge in [-0.1, -0.05) is 54.6 Å². The van der Waals surface area contributed by atoms with Crippen molar-refractivity contribution >= 4 is 41.3 Å². The van der Waals surface area contributed by atoms with E-state index >= 15 is 0 Å². The molecule has 1 aliphatic rings. The van der Waals surface area contributed by atoms with E-state index in [1.807, 2.05) is 0 Å². The Bertz CT molecular complexity index is 893. The lowest BCUT2D eigenvalue weighted by Gasteiger charge is -2.19. The third-order valence-corrected chi connectivity index (χ3v) is 5.13. The number of amides is 1. The first-order chi connectivity index (χ1) is 13.5. The number of benzene rings is 2. The normalized spacial score (nSPS) is 14.8. The summed E-state index contributed by atoms with van der Waals surface area (Å²) in [6.07, 6.45) is 6.73. The summed E-state index contributed by atoms with van der Waals surface area (Å²) < 4.78 is 5.37. The van der Waals surface area contributed by atoms with Crippen molar-refractivity contribution in [3.63, 3.8) is 0 Å². The van der Waals surface area contributed by atoms with Crippen molar-refractivity contribution in [1.82, 2.24) is 5.43 Å². The molecule has 1 N–H and O–H groups in total. The Morgan fingerprint density at radius 2 is 1.86 bits per heavy atom. The first-order valence-electron chi connectivity index (χ1n) is 9.13. The Morgan fingerprint density at radius 1 is 1.07 bits per heavy atom. The largest absolute Gasteiger partial charge is 0.423 e. The number of nitrogens with one attached hydrogen (secondary N) is 1. The molecule has 1 saturated carbocycles. The molecule has 1 aliphatic carbocycles. The van der Waals surface area contributed by atoms with Gasteiger partial charge in [-0.15, -0.1) is 0 Å². The summed E-state index contributed by atoms with van der Waals surface area (Å²) >= 11 is 11.9. The zero-order valence-corrected chi connectivity index (χ0v) is 16.7. The molecule has 0 aliphatic heterocycles. The van der Waals surface area contributed by atoms with E-state index in [1.54, 1.807) is 30.3 Å². The monoisotopic (exact) mass is 418 g/mol. The number of carbonyl (C=O) groups excluding carboxylic acids is 2.